The van der Waals surface area contributed by atoms with Crippen molar-refractivity contribution in [3.63, 3.8) is 0 Å². The molecule has 0 spiro atoms. The van der Waals surface area contributed by atoms with E-state index >= 15 is 0 Å². The molecule has 0 saturated carbocycles. The molecule has 0 bridgehead atoms. The van der Waals surface area contributed by atoms with Crippen LogP contribution in [0.15, 0.2) is 24.3 Å². The second kappa shape index (κ2) is 10.6. The van der Waals surface area contributed by atoms with Crippen molar-refractivity contribution in [2.75, 3.05) is 27.2 Å². The van der Waals surface area contributed by atoms with E-state index in [0.29, 0.717) is 6.04 Å². The van der Waals surface area contributed by atoms with Gasteiger partial charge in [0, 0.05) is 38.1 Å². The molecular weight excluding hydrogens is 331 g/mol. The summed E-state index contributed by atoms with van der Waals surface area (Å²) in [4.78, 5) is 14.0. The Morgan fingerprint density at radius 3 is 2.88 bits per heavy atom. The van der Waals surface area contributed by atoms with Gasteiger partial charge in [-0.2, -0.15) is 0 Å². The number of carbonyl (C=O) groups excluding carboxylic acids is 1. The van der Waals surface area contributed by atoms with E-state index in [9.17, 15) is 9.18 Å². The van der Waals surface area contributed by atoms with Crippen molar-refractivity contribution in [1.82, 2.24) is 21.1 Å². The maximum Gasteiger partial charge on any atom is 0.226 e. The quantitative estimate of drug-likeness (QED) is 0.559. The number of halogens is 1. The second-order valence-electron chi connectivity index (χ2n) is 7.40. The molecule has 1 heterocycles. The van der Waals surface area contributed by atoms with E-state index in [1.165, 1.54) is 6.07 Å². The van der Waals surface area contributed by atoms with Gasteiger partial charge in [-0.15, -0.1) is 0 Å². The van der Waals surface area contributed by atoms with Crippen LogP contribution in [0.4, 0.5) is 4.39 Å². The maximum atomic E-state index is 13.3. The number of rotatable bonds is 10. The lowest BCUT2D eigenvalue weighted by atomic mass is 9.99. The fraction of sp³-hybridized carbons (Fsp3) is 0.650. The Balaban J connectivity index is 1.60. The van der Waals surface area contributed by atoms with Crippen LogP contribution in [0.5, 0.6) is 0 Å². The molecule has 6 heteroatoms. The van der Waals surface area contributed by atoms with Gasteiger partial charge in [0.1, 0.15) is 5.82 Å². The average Bonchev–Trinajstić information content (AvgIpc) is 3.09. The number of carbonyl (C=O) groups is 1. The van der Waals surface area contributed by atoms with Gasteiger partial charge in [0.25, 0.3) is 0 Å². The first kappa shape index (κ1) is 20.8. The highest BCUT2D eigenvalue weighted by molar-refractivity contribution is 5.78. The fourth-order valence-electron chi connectivity index (χ4n) is 3.55. The second-order valence-corrected chi connectivity index (χ2v) is 7.40. The van der Waals surface area contributed by atoms with E-state index in [2.05, 4.69) is 16.2 Å². The lowest BCUT2D eigenvalue weighted by Crippen LogP contribution is -2.36. The van der Waals surface area contributed by atoms with Crippen LogP contribution in [0.1, 0.15) is 50.6 Å². The lowest BCUT2D eigenvalue weighted by molar-refractivity contribution is -0.133. The van der Waals surface area contributed by atoms with Gasteiger partial charge in [-0.1, -0.05) is 31.9 Å². The smallest absolute Gasteiger partial charge is 0.226 e. The van der Waals surface area contributed by atoms with Crippen molar-refractivity contribution in [2.45, 2.75) is 51.1 Å². The molecular formula is C20H33FN4O. The van der Waals surface area contributed by atoms with Crippen LogP contribution in [0, 0.1) is 11.7 Å². The highest BCUT2D eigenvalue weighted by atomic mass is 19.1. The molecule has 1 fully saturated rings. The Labute approximate surface area is 156 Å². The van der Waals surface area contributed by atoms with Crippen LogP contribution in [-0.2, 0) is 4.79 Å². The van der Waals surface area contributed by atoms with Crippen molar-refractivity contribution in [1.29, 1.82) is 0 Å². The number of hydrazine groups is 1. The summed E-state index contributed by atoms with van der Waals surface area (Å²) in [5.74, 6) is 0.0490. The normalized spacial score (nSPS) is 20.9. The standard InChI is InChI=1S/C20H33FN4O/c1-15(14-22-2)20(26)25(3)11-6-4-5-10-18-13-19(24-23-18)16-8-7-9-17(21)12-16/h7-9,12,15,18-19,22-24H,4-6,10-11,13-14H2,1-3H3. The largest absolute Gasteiger partial charge is 0.345 e. The minimum absolute atomic E-state index is 0.0264. The van der Waals surface area contributed by atoms with Gasteiger partial charge in [0.05, 0.1) is 0 Å². The molecule has 1 aliphatic rings. The highest BCUT2D eigenvalue weighted by Crippen LogP contribution is 2.25. The van der Waals surface area contributed by atoms with Gasteiger partial charge in [0.2, 0.25) is 5.91 Å². The predicted molar refractivity (Wildman–Crippen MR) is 103 cm³/mol. The summed E-state index contributed by atoms with van der Waals surface area (Å²) in [5, 5.41) is 3.05. The molecule has 1 aromatic rings. The van der Waals surface area contributed by atoms with E-state index in [-0.39, 0.29) is 23.7 Å². The Bertz CT molecular complexity index is 568. The van der Waals surface area contributed by atoms with Crippen molar-refractivity contribution in [3.8, 4) is 0 Å². The molecule has 0 radical (unpaired) electrons. The summed E-state index contributed by atoms with van der Waals surface area (Å²) in [7, 11) is 3.76. The van der Waals surface area contributed by atoms with Crippen molar-refractivity contribution >= 4 is 5.91 Å². The summed E-state index contributed by atoms with van der Waals surface area (Å²) in [6, 6.07) is 7.39. The lowest BCUT2D eigenvalue weighted by Gasteiger charge is -2.21. The van der Waals surface area contributed by atoms with Gasteiger partial charge >= 0.3 is 0 Å². The molecule has 1 aliphatic heterocycles. The fourth-order valence-corrected chi connectivity index (χ4v) is 3.55. The Hall–Kier alpha value is -1.50. The minimum atomic E-state index is -0.185. The van der Waals surface area contributed by atoms with Crippen LogP contribution in [0.3, 0.4) is 0 Å². The average molecular weight is 365 g/mol. The third-order valence-corrected chi connectivity index (χ3v) is 5.09. The number of hydrogen-bond donors (Lipinski definition) is 3. The Kier molecular flexibility index (Phi) is 8.48. The number of amides is 1. The van der Waals surface area contributed by atoms with E-state index in [1.54, 1.807) is 12.1 Å². The van der Waals surface area contributed by atoms with Crippen LogP contribution in [0.2, 0.25) is 0 Å². The van der Waals surface area contributed by atoms with Crippen molar-refractivity contribution < 1.29 is 9.18 Å². The van der Waals surface area contributed by atoms with Crippen LogP contribution in [-0.4, -0.2) is 44.0 Å². The molecule has 2 rings (SSSR count). The Morgan fingerprint density at radius 2 is 2.15 bits per heavy atom. The van der Waals surface area contributed by atoms with E-state index in [0.717, 1.165) is 50.8 Å². The molecule has 0 aliphatic carbocycles. The van der Waals surface area contributed by atoms with Gasteiger partial charge in [-0.25, -0.2) is 4.39 Å². The number of nitrogens with zero attached hydrogens (tertiary/aromatic N) is 1. The topological polar surface area (TPSA) is 56.4 Å². The molecule has 3 atom stereocenters. The molecule has 26 heavy (non-hydrogen) atoms. The summed E-state index contributed by atoms with van der Waals surface area (Å²) in [6.45, 7) is 3.49. The van der Waals surface area contributed by atoms with Crippen molar-refractivity contribution in [3.05, 3.63) is 35.6 Å². The Morgan fingerprint density at radius 1 is 1.35 bits per heavy atom. The van der Waals surface area contributed by atoms with Crippen LogP contribution >= 0.6 is 0 Å². The maximum absolute atomic E-state index is 13.3. The zero-order valence-corrected chi connectivity index (χ0v) is 16.2. The molecule has 1 amide bonds. The first-order valence-corrected chi connectivity index (χ1v) is 9.67. The van der Waals surface area contributed by atoms with E-state index < -0.39 is 0 Å². The zero-order chi connectivity index (χ0) is 18.9. The van der Waals surface area contributed by atoms with Crippen LogP contribution < -0.4 is 16.2 Å². The molecule has 0 aromatic heterocycles. The predicted octanol–water partition coefficient (Wildman–Crippen LogP) is 2.61. The zero-order valence-electron chi connectivity index (χ0n) is 16.2. The number of unbranched alkanes of at least 4 members (excludes halogenated alkanes) is 2. The van der Waals surface area contributed by atoms with E-state index in [4.69, 9.17) is 0 Å². The monoisotopic (exact) mass is 364 g/mol. The van der Waals surface area contributed by atoms with E-state index in [1.807, 2.05) is 32.0 Å². The molecule has 3 N–H and O–H groups in total. The molecule has 1 aromatic carbocycles. The van der Waals surface area contributed by atoms with Crippen molar-refractivity contribution in [2.24, 2.45) is 5.92 Å². The third-order valence-electron chi connectivity index (χ3n) is 5.09. The summed E-state index contributed by atoms with van der Waals surface area (Å²) in [5.41, 5.74) is 7.60. The summed E-state index contributed by atoms with van der Waals surface area (Å²) >= 11 is 0. The number of nitrogens with one attached hydrogen (secondary N) is 3. The van der Waals surface area contributed by atoms with Crippen LogP contribution in [0.25, 0.3) is 0 Å². The summed E-state index contributed by atoms with van der Waals surface area (Å²) in [6.07, 6.45) is 5.34. The van der Waals surface area contributed by atoms with Gasteiger partial charge in [0.15, 0.2) is 0 Å². The van der Waals surface area contributed by atoms with Gasteiger partial charge < -0.3 is 10.2 Å². The number of hydrogen-bond acceptors (Lipinski definition) is 4. The summed E-state index contributed by atoms with van der Waals surface area (Å²) < 4.78 is 13.3. The molecule has 1 saturated heterocycles. The molecule has 3 unspecified atom stereocenters. The number of benzene rings is 1. The molecule has 5 nitrogen and oxygen atoms in total. The minimum Gasteiger partial charge on any atom is -0.345 e. The van der Waals surface area contributed by atoms with Gasteiger partial charge in [-0.05, 0) is 44.0 Å². The third kappa shape index (κ3) is 6.34. The SMILES string of the molecule is CNCC(C)C(=O)N(C)CCCCCC1CC(c2cccc(F)c2)NN1. The highest BCUT2D eigenvalue weighted by Gasteiger charge is 2.24. The first-order chi connectivity index (χ1) is 12.5. The first-order valence-electron chi connectivity index (χ1n) is 9.67. The van der Waals surface area contributed by atoms with Gasteiger partial charge in [-0.3, -0.25) is 15.6 Å². The molecule has 146 valence electrons.